The van der Waals surface area contributed by atoms with E-state index in [1.807, 2.05) is 39.4 Å². The van der Waals surface area contributed by atoms with Crippen molar-refractivity contribution in [3.63, 3.8) is 0 Å². The summed E-state index contributed by atoms with van der Waals surface area (Å²) < 4.78 is 34.2. The van der Waals surface area contributed by atoms with Crippen LogP contribution < -0.4 is 0 Å². The van der Waals surface area contributed by atoms with Gasteiger partial charge in [0.15, 0.2) is 6.10 Å². The van der Waals surface area contributed by atoms with Crippen LogP contribution in [0, 0.1) is 11.8 Å². The van der Waals surface area contributed by atoms with Gasteiger partial charge in [-0.3, -0.25) is 18.6 Å². The highest BCUT2D eigenvalue weighted by Crippen LogP contribution is 2.43. The number of aliphatic hydroxyl groups excluding tert-OH is 3. The van der Waals surface area contributed by atoms with Gasteiger partial charge < -0.3 is 34.2 Å². The van der Waals surface area contributed by atoms with E-state index in [-0.39, 0.29) is 37.9 Å². The standard InChI is InChI=1S/C46H80NO11P/c1-6-8-10-11-12-13-14-15-16-17-18-19-20-21-27-31-46(52)58-40(38-57-59(53,54)56-35-34-47(3,4)5)37-55-45(51)30-26-23-22-25-29-41-42(44(50)36-43(41)49)33-32-39(48)28-24-9-7-2/h8,10,12-13,15-16,22,25,32-33,39-44,48-50H,6-7,9,11,14,17-21,23-24,26-31,34-38H2,1-5H3/p+1/b10-8-,13-12-,16-15-,25-22+,33-32+/t39-,40+,41+,42+,43-,44+/m0/s1. The van der Waals surface area contributed by atoms with Gasteiger partial charge in [0.05, 0.1) is 46.1 Å². The molecule has 4 N–H and O–H groups in total. The number of aliphatic hydroxyl groups is 3. The zero-order valence-corrected chi connectivity index (χ0v) is 37.9. The number of carbonyl (C=O) groups is 2. The van der Waals surface area contributed by atoms with Crippen LogP contribution in [0.3, 0.4) is 0 Å². The van der Waals surface area contributed by atoms with E-state index in [4.69, 9.17) is 18.5 Å². The summed E-state index contributed by atoms with van der Waals surface area (Å²) in [5.74, 6) is -1.42. The molecule has 0 radical (unpaired) electrons. The van der Waals surface area contributed by atoms with Crippen molar-refractivity contribution in [2.24, 2.45) is 11.8 Å². The fraction of sp³-hybridized carbons (Fsp3) is 0.739. The van der Waals surface area contributed by atoms with E-state index >= 15 is 0 Å². The lowest BCUT2D eigenvalue weighted by atomic mass is 9.89. The molecular weight excluding hydrogens is 773 g/mol. The third-order valence-electron chi connectivity index (χ3n) is 10.1. The van der Waals surface area contributed by atoms with Crippen LogP contribution in [0.2, 0.25) is 0 Å². The fourth-order valence-electron chi connectivity index (χ4n) is 6.55. The second kappa shape index (κ2) is 33.2. The van der Waals surface area contributed by atoms with Crippen LogP contribution in [0.5, 0.6) is 0 Å². The monoisotopic (exact) mass is 855 g/mol. The Balaban J connectivity index is 2.52. The van der Waals surface area contributed by atoms with Crippen molar-refractivity contribution in [1.82, 2.24) is 0 Å². The molecule has 340 valence electrons. The maximum Gasteiger partial charge on any atom is 0.472 e. The number of esters is 2. The number of hydrogen-bond donors (Lipinski definition) is 4. The predicted octanol–water partition coefficient (Wildman–Crippen LogP) is 8.84. The summed E-state index contributed by atoms with van der Waals surface area (Å²) in [6, 6.07) is 0. The summed E-state index contributed by atoms with van der Waals surface area (Å²) >= 11 is 0. The second-order valence-corrected chi connectivity index (χ2v) is 18.1. The van der Waals surface area contributed by atoms with E-state index in [9.17, 15) is 34.4 Å². The molecule has 13 heteroatoms. The molecule has 1 aliphatic rings. The van der Waals surface area contributed by atoms with Crippen molar-refractivity contribution in [2.45, 2.75) is 160 Å². The van der Waals surface area contributed by atoms with Crippen LogP contribution in [-0.2, 0) is 32.7 Å². The Labute approximate surface area is 356 Å². The highest BCUT2D eigenvalue weighted by atomic mass is 31.2. The van der Waals surface area contributed by atoms with Crippen molar-refractivity contribution < 1.29 is 57.4 Å². The number of likely N-dealkylation sites (N-methyl/N-ethyl adjacent to an activating group) is 1. The molecule has 0 saturated heterocycles. The summed E-state index contributed by atoms with van der Waals surface area (Å²) in [6.07, 6.45) is 32.2. The van der Waals surface area contributed by atoms with Gasteiger partial charge in [-0.25, -0.2) is 4.57 Å². The first-order valence-corrected chi connectivity index (χ1v) is 23.8. The van der Waals surface area contributed by atoms with Crippen molar-refractivity contribution in [1.29, 1.82) is 0 Å². The van der Waals surface area contributed by atoms with Gasteiger partial charge in [-0.15, -0.1) is 0 Å². The predicted molar refractivity (Wildman–Crippen MR) is 235 cm³/mol. The smallest absolute Gasteiger partial charge is 0.462 e. The molecule has 1 unspecified atom stereocenters. The van der Waals surface area contributed by atoms with Crippen LogP contribution >= 0.6 is 7.82 Å². The zero-order chi connectivity index (χ0) is 43.8. The Morgan fingerprint density at radius 3 is 2.12 bits per heavy atom. The highest BCUT2D eigenvalue weighted by Gasteiger charge is 2.39. The largest absolute Gasteiger partial charge is 0.472 e. The minimum Gasteiger partial charge on any atom is -0.462 e. The van der Waals surface area contributed by atoms with Crippen LogP contribution in [0.1, 0.15) is 136 Å². The zero-order valence-electron chi connectivity index (χ0n) is 37.0. The molecule has 7 atom stereocenters. The minimum atomic E-state index is -4.44. The van der Waals surface area contributed by atoms with Crippen molar-refractivity contribution in [3.05, 3.63) is 60.8 Å². The minimum absolute atomic E-state index is 0.0137. The number of quaternary nitrogens is 1. The number of ether oxygens (including phenoxy) is 2. The number of hydrogen-bond acceptors (Lipinski definition) is 10. The van der Waals surface area contributed by atoms with Gasteiger partial charge in [-0.2, -0.15) is 0 Å². The van der Waals surface area contributed by atoms with E-state index in [2.05, 4.69) is 50.3 Å². The van der Waals surface area contributed by atoms with Gasteiger partial charge in [-0.1, -0.05) is 113 Å². The molecule has 0 aliphatic heterocycles. The molecule has 0 heterocycles. The number of rotatable bonds is 35. The molecule has 1 rings (SSSR count). The van der Waals surface area contributed by atoms with Gasteiger partial charge in [0.1, 0.15) is 19.8 Å². The number of phosphoric ester groups is 1. The second-order valence-electron chi connectivity index (χ2n) is 16.7. The van der Waals surface area contributed by atoms with Crippen LogP contribution in [-0.4, -0.2) is 109 Å². The maximum atomic E-state index is 12.7. The number of unbranched alkanes of at least 4 members (excludes halogenated alkanes) is 8. The Morgan fingerprint density at radius 2 is 1.41 bits per heavy atom. The fourth-order valence-corrected chi connectivity index (χ4v) is 7.29. The van der Waals surface area contributed by atoms with Crippen molar-refractivity contribution >= 4 is 19.8 Å². The van der Waals surface area contributed by atoms with Gasteiger partial charge in [0.2, 0.25) is 0 Å². The van der Waals surface area contributed by atoms with E-state index in [1.54, 1.807) is 6.08 Å². The van der Waals surface area contributed by atoms with Gasteiger partial charge in [0.25, 0.3) is 0 Å². The van der Waals surface area contributed by atoms with Gasteiger partial charge >= 0.3 is 19.8 Å². The molecule has 0 amide bonds. The number of carbonyl (C=O) groups excluding carboxylic acids is 2. The molecule has 0 aromatic rings. The molecular formula is C46H81NO11P+. The van der Waals surface area contributed by atoms with Gasteiger partial charge in [-0.05, 0) is 70.1 Å². The summed E-state index contributed by atoms with van der Waals surface area (Å²) in [5.41, 5.74) is 0. The number of allylic oxidation sites excluding steroid dienone is 8. The quantitative estimate of drug-likeness (QED) is 0.0158. The van der Waals surface area contributed by atoms with E-state index in [0.717, 1.165) is 70.6 Å². The third kappa shape index (κ3) is 30.3. The first-order chi connectivity index (χ1) is 28.2. The van der Waals surface area contributed by atoms with E-state index in [0.29, 0.717) is 49.6 Å². The lowest BCUT2D eigenvalue weighted by Gasteiger charge is -2.24. The van der Waals surface area contributed by atoms with Crippen LogP contribution in [0.25, 0.3) is 0 Å². The summed E-state index contributed by atoms with van der Waals surface area (Å²) in [6.45, 7) is 3.89. The lowest BCUT2D eigenvalue weighted by molar-refractivity contribution is -0.870. The molecule has 1 aliphatic carbocycles. The Kier molecular flexibility index (Phi) is 30.8. The molecule has 0 aromatic carbocycles. The first kappa shape index (κ1) is 54.6. The molecule has 0 bridgehead atoms. The van der Waals surface area contributed by atoms with Crippen LogP contribution in [0.4, 0.5) is 0 Å². The Morgan fingerprint density at radius 1 is 0.763 bits per heavy atom. The summed E-state index contributed by atoms with van der Waals surface area (Å²) in [7, 11) is 1.32. The number of phosphoric acid groups is 1. The Hall–Kier alpha value is -2.41. The topological polar surface area (TPSA) is 169 Å². The highest BCUT2D eigenvalue weighted by molar-refractivity contribution is 7.47. The normalized spacial score (nSPS) is 21.0. The molecule has 0 aromatic heterocycles. The molecule has 12 nitrogen and oxygen atoms in total. The lowest BCUT2D eigenvalue weighted by Crippen LogP contribution is -2.37. The van der Waals surface area contributed by atoms with Gasteiger partial charge in [0, 0.05) is 25.2 Å². The summed E-state index contributed by atoms with van der Waals surface area (Å²) in [5, 5.41) is 31.3. The van der Waals surface area contributed by atoms with Crippen molar-refractivity contribution in [2.75, 3.05) is 47.5 Å². The SMILES string of the molecule is CC/C=C\C/C=C\C/C=C\CCCCCCCC(=O)O[C@H](COC(=O)CCC/C=C/C[C@@H]1[C@@H](/C=C/[C@@H](O)CCCCC)[C@H](O)C[C@@H]1O)COP(=O)(O)OCC[N+](C)(C)C. The van der Waals surface area contributed by atoms with E-state index in [1.165, 1.54) is 0 Å². The van der Waals surface area contributed by atoms with Crippen molar-refractivity contribution in [3.8, 4) is 0 Å². The third-order valence-corrected chi connectivity index (χ3v) is 11.1. The van der Waals surface area contributed by atoms with E-state index < -0.39 is 50.8 Å². The molecule has 0 spiro atoms. The molecule has 1 fully saturated rings. The first-order valence-electron chi connectivity index (χ1n) is 22.3. The average Bonchev–Trinajstić information content (AvgIpc) is 3.44. The summed E-state index contributed by atoms with van der Waals surface area (Å²) in [4.78, 5) is 35.5. The molecule has 1 saturated carbocycles. The average molecular weight is 855 g/mol. The van der Waals surface area contributed by atoms with Crippen LogP contribution in [0.15, 0.2) is 60.8 Å². The molecule has 59 heavy (non-hydrogen) atoms. The maximum absolute atomic E-state index is 12.7. The number of nitrogens with zero attached hydrogens (tertiary/aromatic N) is 1. The Bertz CT molecular complexity index is 1310.